The molecule has 2 heterocycles. The lowest BCUT2D eigenvalue weighted by molar-refractivity contribution is 0.327. The fraction of sp³-hybridized carbons (Fsp3) is 0.526. The second-order valence-corrected chi connectivity index (χ2v) is 9.64. The Morgan fingerprint density at radius 1 is 1.08 bits per heavy atom. The number of anilines is 1. The molecule has 4 rings (SSSR count). The maximum atomic E-state index is 12.3. The van der Waals surface area contributed by atoms with Gasteiger partial charge in [0, 0.05) is 32.1 Å². The van der Waals surface area contributed by atoms with Gasteiger partial charge < -0.3 is 4.90 Å². The van der Waals surface area contributed by atoms with Gasteiger partial charge in [-0.15, -0.1) is 0 Å². The van der Waals surface area contributed by atoms with Crippen LogP contribution in [0.25, 0.3) is 10.9 Å². The number of rotatable bonds is 5. The standard InChI is InChI=1S/C19H25N3O2S/c1-21(25(23,24)17-7-8-17)14-15-10-12-22(13-11-15)19-9-6-16-4-2-3-5-18(16)20-19/h2-6,9,15,17H,7-8,10-14H2,1H3. The molecule has 1 aromatic heterocycles. The highest BCUT2D eigenvalue weighted by Crippen LogP contribution is 2.32. The largest absolute Gasteiger partial charge is 0.357 e. The Morgan fingerprint density at radius 2 is 1.80 bits per heavy atom. The van der Waals surface area contributed by atoms with E-state index in [4.69, 9.17) is 4.98 Å². The van der Waals surface area contributed by atoms with Gasteiger partial charge in [0.15, 0.2) is 0 Å². The van der Waals surface area contributed by atoms with E-state index in [1.165, 1.54) is 0 Å². The van der Waals surface area contributed by atoms with E-state index in [1.807, 2.05) is 18.2 Å². The van der Waals surface area contributed by atoms with Crippen LogP contribution in [0.4, 0.5) is 5.82 Å². The molecule has 1 aromatic carbocycles. The second-order valence-electron chi connectivity index (χ2n) is 7.32. The first-order chi connectivity index (χ1) is 12.0. The third kappa shape index (κ3) is 3.51. The van der Waals surface area contributed by atoms with Crippen LogP contribution in [-0.2, 0) is 10.0 Å². The average Bonchev–Trinajstić information content (AvgIpc) is 3.47. The number of sulfonamides is 1. The van der Waals surface area contributed by atoms with E-state index in [2.05, 4.69) is 23.1 Å². The summed E-state index contributed by atoms with van der Waals surface area (Å²) >= 11 is 0. The Hall–Kier alpha value is -1.66. The van der Waals surface area contributed by atoms with Gasteiger partial charge in [-0.3, -0.25) is 0 Å². The molecule has 134 valence electrons. The Labute approximate surface area is 149 Å². The molecule has 0 bridgehead atoms. The topological polar surface area (TPSA) is 53.5 Å². The van der Waals surface area contributed by atoms with Gasteiger partial charge in [-0.2, -0.15) is 0 Å². The van der Waals surface area contributed by atoms with Crippen molar-refractivity contribution in [1.29, 1.82) is 0 Å². The summed E-state index contributed by atoms with van der Waals surface area (Å²) in [6.07, 6.45) is 3.69. The summed E-state index contributed by atoms with van der Waals surface area (Å²) in [6, 6.07) is 12.4. The normalized spacial score (nSPS) is 19.7. The third-order valence-corrected chi connectivity index (χ3v) is 7.75. The highest BCUT2D eigenvalue weighted by Gasteiger charge is 2.39. The smallest absolute Gasteiger partial charge is 0.216 e. The fourth-order valence-electron chi connectivity index (χ4n) is 3.66. The van der Waals surface area contributed by atoms with Gasteiger partial charge in [-0.1, -0.05) is 18.2 Å². The first kappa shape index (κ1) is 16.8. The molecule has 1 aliphatic heterocycles. The minimum atomic E-state index is -3.05. The van der Waals surface area contributed by atoms with Crippen molar-refractivity contribution >= 4 is 26.7 Å². The van der Waals surface area contributed by atoms with Gasteiger partial charge in [0.1, 0.15) is 5.82 Å². The molecule has 2 aliphatic rings. The predicted molar refractivity (Wildman–Crippen MR) is 101 cm³/mol. The van der Waals surface area contributed by atoms with E-state index in [0.717, 1.165) is 55.5 Å². The van der Waals surface area contributed by atoms with Crippen LogP contribution in [0.3, 0.4) is 0 Å². The van der Waals surface area contributed by atoms with Crippen molar-refractivity contribution in [2.75, 3.05) is 31.6 Å². The van der Waals surface area contributed by atoms with Crippen molar-refractivity contribution in [2.24, 2.45) is 5.92 Å². The Kier molecular flexibility index (Phi) is 4.41. The number of pyridine rings is 1. The van der Waals surface area contributed by atoms with Crippen molar-refractivity contribution in [3.05, 3.63) is 36.4 Å². The van der Waals surface area contributed by atoms with Crippen molar-refractivity contribution in [1.82, 2.24) is 9.29 Å². The van der Waals surface area contributed by atoms with Gasteiger partial charge in [0.05, 0.1) is 10.8 Å². The molecule has 2 aromatic rings. The average molecular weight is 359 g/mol. The highest BCUT2D eigenvalue weighted by atomic mass is 32.2. The summed E-state index contributed by atoms with van der Waals surface area (Å²) in [6.45, 7) is 2.53. The Balaban J connectivity index is 1.37. The number of benzene rings is 1. The van der Waals surface area contributed by atoms with Crippen LogP contribution >= 0.6 is 0 Å². The molecule has 0 unspecified atom stereocenters. The monoisotopic (exact) mass is 359 g/mol. The number of hydrogen-bond acceptors (Lipinski definition) is 4. The van der Waals surface area contributed by atoms with E-state index in [9.17, 15) is 8.42 Å². The molecule has 6 heteroatoms. The number of para-hydroxylation sites is 1. The van der Waals surface area contributed by atoms with Crippen LogP contribution in [0, 0.1) is 5.92 Å². The van der Waals surface area contributed by atoms with Gasteiger partial charge in [0.25, 0.3) is 0 Å². The zero-order chi connectivity index (χ0) is 17.4. The maximum absolute atomic E-state index is 12.3. The van der Waals surface area contributed by atoms with Gasteiger partial charge in [-0.25, -0.2) is 17.7 Å². The molecule has 0 amide bonds. The molecule has 1 saturated heterocycles. The van der Waals surface area contributed by atoms with Crippen LogP contribution in [-0.4, -0.2) is 49.6 Å². The molecule has 2 fully saturated rings. The number of hydrogen-bond donors (Lipinski definition) is 0. The lowest BCUT2D eigenvalue weighted by Crippen LogP contribution is -2.40. The molecule has 1 aliphatic carbocycles. The summed E-state index contributed by atoms with van der Waals surface area (Å²) in [5.74, 6) is 1.46. The maximum Gasteiger partial charge on any atom is 0.216 e. The van der Waals surface area contributed by atoms with Crippen molar-refractivity contribution in [2.45, 2.75) is 30.9 Å². The highest BCUT2D eigenvalue weighted by molar-refractivity contribution is 7.90. The fourth-order valence-corrected chi connectivity index (χ4v) is 5.32. The Morgan fingerprint density at radius 3 is 2.52 bits per heavy atom. The van der Waals surface area contributed by atoms with E-state index < -0.39 is 10.0 Å². The second kappa shape index (κ2) is 6.57. The number of fused-ring (bicyclic) bond motifs is 1. The molecule has 0 atom stereocenters. The lowest BCUT2D eigenvalue weighted by Gasteiger charge is -2.34. The number of aromatic nitrogens is 1. The predicted octanol–water partition coefficient (Wildman–Crippen LogP) is 2.88. The van der Waals surface area contributed by atoms with E-state index in [-0.39, 0.29) is 5.25 Å². The van der Waals surface area contributed by atoms with E-state index in [0.29, 0.717) is 12.5 Å². The van der Waals surface area contributed by atoms with Crippen LogP contribution in [0.2, 0.25) is 0 Å². The van der Waals surface area contributed by atoms with Gasteiger partial charge in [0.2, 0.25) is 10.0 Å². The van der Waals surface area contributed by atoms with Gasteiger partial charge >= 0.3 is 0 Å². The molecule has 0 N–H and O–H groups in total. The lowest BCUT2D eigenvalue weighted by atomic mass is 9.97. The first-order valence-electron chi connectivity index (χ1n) is 9.10. The first-order valence-corrected chi connectivity index (χ1v) is 10.6. The minimum Gasteiger partial charge on any atom is -0.357 e. The molecular weight excluding hydrogens is 334 g/mol. The quantitative estimate of drug-likeness (QED) is 0.824. The van der Waals surface area contributed by atoms with Crippen LogP contribution in [0.1, 0.15) is 25.7 Å². The molecular formula is C19H25N3O2S. The minimum absolute atomic E-state index is 0.112. The van der Waals surface area contributed by atoms with Crippen LogP contribution in [0.15, 0.2) is 36.4 Å². The summed E-state index contributed by atoms with van der Waals surface area (Å²) in [4.78, 5) is 7.09. The summed E-state index contributed by atoms with van der Waals surface area (Å²) < 4.78 is 26.2. The molecule has 25 heavy (non-hydrogen) atoms. The van der Waals surface area contributed by atoms with Crippen molar-refractivity contribution in [3.8, 4) is 0 Å². The molecule has 0 radical (unpaired) electrons. The summed E-state index contributed by atoms with van der Waals surface area (Å²) in [5, 5.41) is 1.05. The molecule has 5 nitrogen and oxygen atoms in total. The van der Waals surface area contributed by atoms with Crippen LogP contribution in [0.5, 0.6) is 0 Å². The van der Waals surface area contributed by atoms with Gasteiger partial charge in [-0.05, 0) is 49.8 Å². The molecule has 1 saturated carbocycles. The summed E-state index contributed by atoms with van der Waals surface area (Å²) in [5.41, 5.74) is 1.03. The zero-order valence-corrected chi connectivity index (χ0v) is 15.5. The molecule has 0 spiro atoms. The van der Waals surface area contributed by atoms with Crippen LogP contribution < -0.4 is 4.90 Å². The third-order valence-electron chi connectivity index (χ3n) is 5.42. The van der Waals surface area contributed by atoms with E-state index >= 15 is 0 Å². The Bertz CT molecular complexity index is 856. The zero-order valence-electron chi connectivity index (χ0n) is 14.6. The van der Waals surface area contributed by atoms with E-state index in [1.54, 1.807) is 11.4 Å². The number of nitrogens with zero attached hydrogens (tertiary/aromatic N) is 3. The SMILES string of the molecule is CN(CC1CCN(c2ccc3ccccc3n2)CC1)S(=O)(=O)C1CC1. The van der Waals surface area contributed by atoms with Crippen molar-refractivity contribution in [3.63, 3.8) is 0 Å². The number of piperidine rings is 1. The van der Waals surface area contributed by atoms with Crippen molar-refractivity contribution < 1.29 is 8.42 Å². The summed E-state index contributed by atoms with van der Waals surface area (Å²) in [7, 11) is -1.31.